The average Bonchev–Trinajstić information content (AvgIpc) is 2.69. The summed E-state index contributed by atoms with van der Waals surface area (Å²) >= 11 is 12.7. The van der Waals surface area contributed by atoms with Gasteiger partial charge in [0, 0.05) is 26.1 Å². The molecule has 19 heavy (non-hydrogen) atoms. The molecule has 1 amide bonds. The van der Waals surface area contributed by atoms with E-state index in [0.717, 1.165) is 11.3 Å². The Hall–Kier alpha value is -0.820. The van der Waals surface area contributed by atoms with Crippen molar-refractivity contribution >= 4 is 46.4 Å². The Morgan fingerprint density at radius 1 is 1.37 bits per heavy atom. The molecule has 0 aromatic carbocycles. The summed E-state index contributed by atoms with van der Waals surface area (Å²) in [6.45, 7) is 0.593. The molecule has 0 atom stereocenters. The maximum Gasteiger partial charge on any atom is 0.329 e. The fraction of sp³-hybridized carbons (Fsp3) is 0.455. The van der Waals surface area contributed by atoms with Crippen LogP contribution in [0, 0.1) is 0 Å². The largest absolute Gasteiger partial charge is 0.480 e. The van der Waals surface area contributed by atoms with E-state index in [1.165, 1.54) is 6.07 Å². The summed E-state index contributed by atoms with van der Waals surface area (Å²) in [6.07, 6.45) is 0.452. The molecule has 5 nitrogen and oxygen atoms in total. The van der Waals surface area contributed by atoms with E-state index >= 15 is 0 Å². The summed E-state index contributed by atoms with van der Waals surface area (Å²) in [6, 6.07) is 1.43. The van der Waals surface area contributed by atoms with Gasteiger partial charge in [-0.05, 0) is 6.07 Å². The van der Waals surface area contributed by atoms with Crippen LogP contribution in [0.3, 0.4) is 0 Å². The number of carbonyl (C=O) groups is 2. The number of thiophene rings is 1. The van der Waals surface area contributed by atoms with Crippen LogP contribution in [-0.4, -0.2) is 35.7 Å². The van der Waals surface area contributed by atoms with Crippen molar-refractivity contribution in [1.29, 1.82) is 0 Å². The van der Waals surface area contributed by atoms with Gasteiger partial charge in [0.25, 0.3) is 5.91 Å². The zero-order valence-electron chi connectivity index (χ0n) is 9.74. The molecule has 0 unspecified atom stereocenters. The number of carboxylic acids is 1. The van der Waals surface area contributed by atoms with Gasteiger partial charge in [0.15, 0.2) is 0 Å². The Labute approximate surface area is 123 Å². The van der Waals surface area contributed by atoms with Crippen LogP contribution < -0.4 is 5.32 Å². The van der Waals surface area contributed by atoms with Crippen molar-refractivity contribution in [1.82, 2.24) is 5.32 Å². The van der Waals surface area contributed by atoms with E-state index in [1.54, 1.807) is 0 Å². The number of hydrogen-bond acceptors (Lipinski definition) is 4. The molecule has 104 valence electrons. The first-order valence-corrected chi connectivity index (χ1v) is 7.10. The zero-order valence-corrected chi connectivity index (χ0v) is 12.1. The van der Waals surface area contributed by atoms with Crippen LogP contribution in [0.2, 0.25) is 8.67 Å². The van der Waals surface area contributed by atoms with E-state index in [2.05, 4.69) is 5.32 Å². The first-order chi connectivity index (χ1) is 8.94. The standard InChI is InChI=1S/C11H11Cl2NO4S/c12-7-5-6(8(13)19-7)9(15)14-11(10(16)17)1-3-18-4-2-11/h5H,1-4H2,(H,14,15)(H,16,17). The van der Waals surface area contributed by atoms with Gasteiger partial charge in [0.2, 0.25) is 0 Å². The predicted molar refractivity (Wildman–Crippen MR) is 72.2 cm³/mol. The number of rotatable bonds is 3. The van der Waals surface area contributed by atoms with E-state index in [1.807, 2.05) is 0 Å². The molecule has 0 saturated carbocycles. The van der Waals surface area contributed by atoms with Crippen LogP contribution >= 0.6 is 34.5 Å². The number of ether oxygens (including phenoxy) is 1. The highest BCUT2D eigenvalue weighted by Crippen LogP contribution is 2.32. The minimum atomic E-state index is -1.30. The van der Waals surface area contributed by atoms with Gasteiger partial charge in [0.1, 0.15) is 9.88 Å². The van der Waals surface area contributed by atoms with Crippen molar-refractivity contribution in [2.24, 2.45) is 0 Å². The Morgan fingerprint density at radius 3 is 2.47 bits per heavy atom. The second-order valence-corrected chi connectivity index (χ2v) is 6.48. The Balaban J connectivity index is 2.20. The summed E-state index contributed by atoms with van der Waals surface area (Å²) in [4.78, 5) is 23.5. The van der Waals surface area contributed by atoms with Crippen LogP contribution in [0.5, 0.6) is 0 Å². The lowest BCUT2D eigenvalue weighted by atomic mass is 9.90. The quantitative estimate of drug-likeness (QED) is 0.895. The number of nitrogens with one attached hydrogen (secondary N) is 1. The number of carboxylic acid groups (broad SMARTS) is 1. The molecule has 2 heterocycles. The maximum atomic E-state index is 12.1. The van der Waals surface area contributed by atoms with Crippen molar-refractivity contribution in [3.63, 3.8) is 0 Å². The van der Waals surface area contributed by atoms with Crippen LogP contribution in [0.1, 0.15) is 23.2 Å². The molecule has 1 aliphatic heterocycles. The smallest absolute Gasteiger partial charge is 0.329 e. The van der Waals surface area contributed by atoms with Gasteiger partial charge in [0.05, 0.1) is 9.90 Å². The highest BCUT2D eigenvalue weighted by atomic mass is 35.5. The molecule has 1 saturated heterocycles. The van der Waals surface area contributed by atoms with Gasteiger partial charge in [-0.25, -0.2) is 4.79 Å². The fourth-order valence-corrected chi connectivity index (χ4v) is 3.35. The Morgan fingerprint density at radius 2 is 2.00 bits per heavy atom. The first-order valence-electron chi connectivity index (χ1n) is 5.53. The summed E-state index contributed by atoms with van der Waals surface area (Å²) in [5.74, 6) is -1.60. The molecular formula is C11H11Cl2NO4S. The van der Waals surface area contributed by atoms with Crippen LogP contribution in [0.25, 0.3) is 0 Å². The molecule has 2 N–H and O–H groups in total. The molecular weight excluding hydrogens is 313 g/mol. The molecule has 1 fully saturated rings. The van der Waals surface area contributed by atoms with Crippen LogP contribution in [0.4, 0.5) is 0 Å². The summed E-state index contributed by atoms with van der Waals surface area (Å²) in [7, 11) is 0. The topological polar surface area (TPSA) is 75.6 Å². The SMILES string of the molecule is O=C(NC1(C(=O)O)CCOCC1)c1cc(Cl)sc1Cl. The molecule has 0 aliphatic carbocycles. The molecule has 0 radical (unpaired) electrons. The lowest BCUT2D eigenvalue weighted by molar-refractivity contribution is -0.148. The van der Waals surface area contributed by atoms with E-state index < -0.39 is 17.4 Å². The number of hydrogen-bond donors (Lipinski definition) is 2. The molecule has 1 aromatic heterocycles. The fourth-order valence-electron chi connectivity index (χ4n) is 1.89. The number of aliphatic carboxylic acids is 1. The highest BCUT2D eigenvalue weighted by Gasteiger charge is 2.42. The minimum absolute atomic E-state index is 0.198. The molecule has 0 bridgehead atoms. The summed E-state index contributed by atoms with van der Waals surface area (Å²) in [5, 5.41) is 11.9. The monoisotopic (exact) mass is 323 g/mol. The molecule has 0 spiro atoms. The number of amides is 1. The van der Waals surface area contributed by atoms with Crippen molar-refractivity contribution in [3.8, 4) is 0 Å². The lowest BCUT2D eigenvalue weighted by Crippen LogP contribution is -2.57. The summed E-state index contributed by atoms with van der Waals surface area (Å²) in [5.41, 5.74) is -1.10. The molecule has 2 rings (SSSR count). The third-order valence-corrected chi connectivity index (χ3v) is 4.50. The van der Waals surface area contributed by atoms with E-state index in [9.17, 15) is 14.7 Å². The Kier molecular flexibility index (Phi) is 4.35. The highest BCUT2D eigenvalue weighted by molar-refractivity contribution is 7.20. The van der Waals surface area contributed by atoms with Crippen LogP contribution in [-0.2, 0) is 9.53 Å². The predicted octanol–water partition coefficient (Wildman–Crippen LogP) is 2.42. The minimum Gasteiger partial charge on any atom is -0.480 e. The molecule has 1 aliphatic rings. The lowest BCUT2D eigenvalue weighted by Gasteiger charge is -2.33. The van der Waals surface area contributed by atoms with Crippen molar-refractivity contribution in [2.75, 3.05) is 13.2 Å². The van der Waals surface area contributed by atoms with Gasteiger partial charge in [-0.3, -0.25) is 4.79 Å². The van der Waals surface area contributed by atoms with E-state index in [-0.39, 0.29) is 22.7 Å². The Bertz CT molecular complexity index is 511. The number of halogens is 2. The second kappa shape index (κ2) is 5.66. The third-order valence-electron chi connectivity index (χ3n) is 3.01. The maximum absolute atomic E-state index is 12.1. The normalized spacial score (nSPS) is 18.0. The summed E-state index contributed by atoms with van der Waals surface area (Å²) < 4.78 is 5.76. The van der Waals surface area contributed by atoms with E-state index in [4.69, 9.17) is 27.9 Å². The van der Waals surface area contributed by atoms with Gasteiger partial charge in [-0.15, -0.1) is 11.3 Å². The average molecular weight is 324 g/mol. The van der Waals surface area contributed by atoms with Crippen molar-refractivity contribution in [2.45, 2.75) is 18.4 Å². The van der Waals surface area contributed by atoms with Gasteiger partial charge < -0.3 is 15.2 Å². The zero-order chi connectivity index (χ0) is 14.0. The van der Waals surface area contributed by atoms with Gasteiger partial charge in [-0.1, -0.05) is 23.2 Å². The second-order valence-electron chi connectivity index (χ2n) is 4.19. The van der Waals surface area contributed by atoms with Crippen LogP contribution in [0.15, 0.2) is 6.07 Å². The van der Waals surface area contributed by atoms with Crippen molar-refractivity contribution < 1.29 is 19.4 Å². The van der Waals surface area contributed by atoms with Gasteiger partial charge in [-0.2, -0.15) is 0 Å². The van der Waals surface area contributed by atoms with Gasteiger partial charge >= 0.3 is 5.97 Å². The third kappa shape index (κ3) is 3.02. The molecule has 8 heteroatoms. The van der Waals surface area contributed by atoms with Crippen molar-refractivity contribution in [3.05, 3.63) is 20.3 Å². The number of carbonyl (C=O) groups excluding carboxylic acids is 1. The molecule has 1 aromatic rings. The first kappa shape index (κ1) is 14.6. The van der Waals surface area contributed by atoms with E-state index in [0.29, 0.717) is 17.6 Å².